The predicted octanol–water partition coefficient (Wildman–Crippen LogP) is 3.89. The van der Waals surface area contributed by atoms with Gasteiger partial charge in [0.15, 0.2) is 0 Å². The molecule has 2 saturated heterocycles. The Morgan fingerprint density at radius 3 is 2.83 bits per heavy atom. The summed E-state index contributed by atoms with van der Waals surface area (Å²) in [6.07, 6.45) is 8.50. The lowest BCUT2D eigenvalue weighted by Gasteiger charge is -2.42. The standard InChI is InChI=1S/C29H35FN8O2/c30-23-7-4-8-24(36-11-1-2-12-36)26(23)35-29(40)34-21-6-3-5-20(17-21)25-18-38(14-13-37(25)15-16-39)28-22-9-10-31-27(22)32-19-33-28/h3,5-7,9-10,17,19,25,39H,1-2,4,8,11-16,18H2,(H,31,32,33)(H2,34,35,40). The van der Waals surface area contributed by atoms with E-state index >= 15 is 0 Å². The molecule has 1 aliphatic carbocycles. The first-order valence-electron chi connectivity index (χ1n) is 14.0. The number of urea groups is 1. The molecule has 0 saturated carbocycles. The molecule has 3 aromatic rings. The first-order chi connectivity index (χ1) is 19.6. The molecule has 3 aliphatic rings. The molecule has 1 aromatic carbocycles. The number of halogens is 1. The topological polar surface area (TPSA) is 113 Å². The van der Waals surface area contributed by atoms with Crippen molar-refractivity contribution in [1.82, 2.24) is 30.1 Å². The zero-order valence-electron chi connectivity index (χ0n) is 22.4. The fourth-order valence-corrected chi connectivity index (χ4v) is 6.07. The van der Waals surface area contributed by atoms with Crippen LogP contribution in [0.4, 0.5) is 20.7 Å². The van der Waals surface area contributed by atoms with Crippen LogP contribution in [-0.4, -0.2) is 81.8 Å². The Labute approximate surface area is 232 Å². The van der Waals surface area contributed by atoms with Gasteiger partial charge in [0.2, 0.25) is 0 Å². The van der Waals surface area contributed by atoms with Crippen LogP contribution in [0.5, 0.6) is 0 Å². The number of amides is 2. The highest BCUT2D eigenvalue weighted by molar-refractivity contribution is 5.91. The zero-order chi connectivity index (χ0) is 27.5. The van der Waals surface area contributed by atoms with E-state index in [2.05, 4.69) is 40.3 Å². The van der Waals surface area contributed by atoms with Gasteiger partial charge in [-0.3, -0.25) is 4.90 Å². The van der Waals surface area contributed by atoms with Crippen molar-refractivity contribution < 1.29 is 14.3 Å². The monoisotopic (exact) mass is 546 g/mol. The number of piperazine rings is 1. The SMILES string of the molecule is O=C(NC1=C(N2CCCC2)CCC=C1F)Nc1cccc(C2CN(c3ncnc4[nH]ccc34)CCN2CCO)c1. The molecule has 0 radical (unpaired) electrons. The summed E-state index contributed by atoms with van der Waals surface area (Å²) in [6, 6.07) is 9.21. The average Bonchev–Trinajstić information content (AvgIpc) is 3.67. The van der Waals surface area contributed by atoms with Crippen molar-refractivity contribution in [3.05, 3.63) is 71.7 Å². The van der Waals surface area contributed by atoms with Crippen LogP contribution < -0.4 is 15.5 Å². The summed E-state index contributed by atoms with van der Waals surface area (Å²) in [5.74, 6) is 0.499. The number of hydrogen-bond acceptors (Lipinski definition) is 7. The molecule has 1 atom stereocenters. The van der Waals surface area contributed by atoms with Gasteiger partial charge in [0.05, 0.1) is 23.7 Å². The van der Waals surface area contributed by atoms with E-state index in [-0.39, 0.29) is 24.2 Å². The number of benzene rings is 1. The number of carbonyl (C=O) groups excluding carboxylic acids is 1. The van der Waals surface area contributed by atoms with E-state index in [0.717, 1.165) is 73.6 Å². The van der Waals surface area contributed by atoms with E-state index in [1.807, 2.05) is 36.5 Å². The van der Waals surface area contributed by atoms with Gasteiger partial charge in [-0.15, -0.1) is 0 Å². The van der Waals surface area contributed by atoms with Gasteiger partial charge in [-0.2, -0.15) is 0 Å². The van der Waals surface area contributed by atoms with Gasteiger partial charge in [-0.25, -0.2) is 19.2 Å². The molecule has 2 fully saturated rings. The minimum atomic E-state index is -0.470. The van der Waals surface area contributed by atoms with Crippen molar-refractivity contribution in [2.24, 2.45) is 0 Å². The molecule has 1 unspecified atom stereocenters. The number of nitrogens with zero attached hydrogens (tertiary/aromatic N) is 5. The van der Waals surface area contributed by atoms with Crippen LogP contribution in [0.15, 0.2) is 66.2 Å². The number of hydrogen-bond donors (Lipinski definition) is 4. The molecule has 2 aliphatic heterocycles. The number of aromatic amines is 1. The Morgan fingerprint density at radius 1 is 1.10 bits per heavy atom. The maximum Gasteiger partial charge on any atom is 0.323 e. The van der Waals surface area contributed by atoms with Crippen molar-refractivity contribution in [3.63, 3.8) is 0 Å². The second kappa shape index (κ2) is 11.6. The lowest BCUT2D eigenvalue weighted by molar-refractivity contribution is 0.137. The minimum Gasteiger partial charge on any atom is -0.395 e. The first-order valence-corrected chi connectivity index (χ1v) is 14.0. The van der Waals surface area contributed by atoms with E-state index in [9.17, 15) is 14.3 Å². The van der Waals surface area contributed by atoms with Crippen LogP contribution in [-0.2, 0) is 0 Å². The normalized spacial score (nSPS) is 20.2. The number of H-pyrrole nitrogens is 1. The van der Waals surface area contributed by atoms with Crippen molar-refractivity contribution in [2.75, 3.05) is 56.1 Å². The smallest absolute Gasteiger partial charge is 0.323 e. The molecular weight excluding hydrogens is 511 g/mol. The second-order valence-electron chi connectivity index (χ2n) is 10.5. The number of aliphatic hydroxyl groups excluding tert-OH is 1. The van der Waals surface area contributed by atoms with Gasteiger partial charge in [-0.1, -0.05) is 12.1 Å². The number of anilines is 2. The van der Waals surface area contributed by atoms with Crippen LogP contribution in [0.25, 0.3) is 11.0 Å². The van der Waals surface area contributed by atoms with Crippen LogP contribution in [0.1, 0.15) is 37.3 Å². The molecule has 0 spiro atoms. The molecule has 4 heterocycles. The summed E-state index contributed by atoms with van der Waals surface area (Å²) < 4.78 is 14.8. The van der Waals surface area contributed by atoms with Crippen molar-refractivity contribution >= 4 is 28.6 Å². The van der Waals surface area contributed by atoms with Crippen LogP contribution >= 0.6 is 0 Å². The molecular formula is C29H35FN8O2. The number of nitrogens with one attached hydrogen (secondary N) is 3. The lowest BCUT2D eigenvalue weighted by Crippen LogP contribution is -2.49. The summed E-state index contributed by atoms with van der Waals surface area (Å²) in [4.78, 5) is 31.8. The van der Waals surface area contributed by atoms with E-state index in [1.165, 1.54) is 0 Å². The van der Waals surface area contributed by atoms with Crippen LogP contribution in [0.2, 0.25) is 0 Å². The largest absolute Gasteiger partial charge is 0.395 e. The van der Waals surface area contributed by atoms with Crippen molar-refractivity contribution in [2.45, 2.75) is 31.7 Å². The number of likely N-dealkylation sites (tertiary alicyclic amines) is 1. The third kappa shape index (κ3) is 5.39. The third-order valence-electron chi connectivity index (χ3n) is 8.00. The minimum absolute atomic E-state index is 0.0298. The molecule has 11 heteroatoms. The van der Waals surface area contributed by atoms with Crippen molar-refractivity contribution in [3.8, 4) is 0 Å². The highest BCUT2D eigenvalue weighted by atomic mass is 19.1. The molecule has 40 heavy (non-hydrogen) atoms. The molecule has 0 bridgehead atoms. The average molecular weight is 547 g/mol. The van der Waals surface area contributed by atoms with Crippen LogP contribution in [0, 0.1) is 0 Å². The second-order valence-corrected chi connectivity index (χ2v) is 10.5. The Bertz CT molecular complexity index is 1430. The number of carbonyl (C=O) groups is 1. The summed E-state index contributed by atoms with van der Waals surface area (Å²) >= 11 is 0. The fourth-order valence-electron chi connectivity index (χ4n) is 6.07. The summed E-state index contributed by atoms with van der Waals surface area (Å²) in [5.41, 5.74) is 3.58. The summed E-state index contributed by atoms with van der Waals surface area (Å²) in [6.45, 7) is 4.56. The molecule has 10 nitrogen and oxygen atoms in total. The summed E-state index contributed by atoms with van der Waals surface area (Å²) in [7, 11) is 0. The number of rotatable bonds is 7. The molecule has 2 amide bonds. The van der Waals surface area contributed by atoms with Gasteiger partial charge in [0.1, 0.15) is 23.6 Å². The van der Waals surface area contributed by atoms with E-state index in [1.54, 1.807) is 12.4 Å². The molecule has 6 rings (SSSR count). The summed E-state index contributed by atoms with van der Waals surface area (Å²) in [5, 5.41) is 16.4. The predicted molar refractivity (Wildman–Crippen MR) is 152 cm³/mol. The van der Waals surface area contributed by atoms with Gasteiger partial charge in [-0.05, 0) is 55.5 Å². The zero-order valence-corrected chi connectivity index (χ0v) is 22.4. The number of fused-ring (bicyclic) bond motifs is 1. The maximum atomic E-state index is 14.8. The van der Waals surface area contributed by atoms with E-state index < -0.39 is 6.03 Å². The number of aliphatic hydroxyl groups is 1. The number of allylic oxidation sites excluding steroid dienone is 3. The Morgan fingerprint density at radius 2 is 1.98 bits per heavy atom. The highest BCUT2D eigenvalue weighted by Crippen LogP contribution is 2.32. The Hall–Kier alpha value is -3.96. The quantitative estimate of drug-likeness (QED) is 0.356. The maximum absolute atomic E-state index is 14.8. The van der Waals surface area contributed by atoms with Gasteiger partial charge in [0.25, 0.3) is 0 Å². The number of β-amino-alcohol motifs (C(OH)–C–C–N with tert-alkyl or cyclic N) is 1. The van der Waals surface area contributed by atoms with E-state index in [0.29, 0.717) is 25.2 Å². The molecule has 210 valence electrons. The van der Waals surface area contributed by atoms with E-state index in [4.69, 9.17) is 0 Å². The number of aromatic nitrogens is 3. The molecule has 2 aromatic heterocycles. The first kappa shape index (κ1) is 26.3. The Kier molecular flexibility index (Phi) is 7.65. The van der Waals surface area contributed by atoms with Gasteiger partial charge in [0, 0.05) is 56.8 Å². The van der Waals surface area contributed by atoms with Gasteiger partial charge < -0.3 is 30.5 Å². The van der Waals surface area contributed by atoms with Gasteiger partial charge >= 0.3 is 6.03 Å². The lowest BCUT2D eigenvalue weighted by atomic mass is 10.0. The molecule has 4 N–H and O–H groups in total. The third-order valence-corrected chi connectivity index (χ3v) is 8.00. The fraction of sp³-hybridized carbons (Fsp3) is 0.414. The Balaban J connectivity index is 1.20. The van der Waals surface area contributed by atoms with Crippen molar-refractivity contribution in [1.29, 1.82) is 0 Å². The van der Waals surface area contributed by atoms with Crippen LogP contribution in [0.3, 0.4) is 0 Å². The highest BCUT2D eigenvalue weighted by Gasteiger charge is 2.30.